The normalized spacial score (nSPS) is 24.6. The van der Waals surface area contributed by atoms with Crippen LogP contribution in [0.25, 0.3) is 0 Å². The first kappa shape index (κ1) is 26.1. The van der Waals surface area contributed by atoms with E-state index < -0.39 is 11.0 Å². The van der Waals surface area contributed by atoms with Crippen LogP contribution in [0.15, 0.2) is 58.8 Å². The quantitative estimate of drug-likeness (QED) is 0.331. The van der Waals surface area contributed by atoms with Crippen molar-refractivity contribution >= 4 is 45.9 Å². The second-order valence-corrected chi connectivity index (χ2v) is 14.5. The van der Waals surface area contributed by atoms with Gasteiger partial charge in [0.2, 0.25) is 0 Å². The smallest absolute Gasteiger partial charge is 0.148 e. The SMILES string of the molecule is CC(C)(C)[S@@](=O)NC1c2ccccc2CC12CCC(c1cnc(Sc3ccnc(Cl)c3Cl)cn1)CC2. The first-order valence-corrected chi connectivity index (χ1v) is 14.9. The summed E-state index contributed by atoms with van der Waals surface area (Å²) in [5.41, 5.74) is 3.81. The number of benzene rings is 1. The van der Waals surface area contributed by atoms with Gasteiger partial charge in [0, 0.05) is 17.0 Å². The molecule has 0 amide bonds. The first-order valence-electron chi connectivity index (χ1n) is 12.2. The molecule has 1 spiro atoms. The highest BCUT2D eigenvalue weighted by atomic mass is 35.5. The van der Waals surface area contributed by atoms with Crippen LogP contribution in [0.2, 0.25) is 10.2 Å². The van der Waals surface area contributed by atoms with Crippen LogP contribution in [-0.2, 0) is 17.4 Å². The van der Waals surface area contributed by atoms with E-state index in [1.807, 2.05) is 39.2 Å². The van der Waals surface area contributed by atoms with E-state index in [2.05, 4.69) is 39.0 Å². The fourth-order valence-electron chi connectivity index (χ4n) is 5.40. The van der Waals surface area contributed by atoms with Gasteiger partial charge in [-0.05, 0) is 75.5 Å². The van der Waals surface area contributed by atoms with Gasteiger partial charge in [-0.25, -0.2) is 18.9 Å². The molecule has 0 aliphatic heterocycles. The Labute approximate surface area is 229 Å². The molecule has 5 rings (SSSR count). The highest BCUT2D eigenvalue weighted by Gasteiger charge is 2.49. The van der Waals surface area contributed by atoms with Crippen LogP contribution < -0.4 is 4.72 Å². The molecule has 1 saturated carbocycles. The van der Waals surface area contributed by atoms with E-state index in [9.17, 15) is 4.21 Å². The van der Waals surface area contributed by atoms with Crippen molar-refractivity contribution in [3.05, 3.63) is 75.9 Å². The fourth-order valence-corrected chi connectivity index (χ4v) is 7.53. The highest BCUT2D eigenvalue weighted by Crippen LogP contribution is 2.56. The largest absolute Gasteiger partial charge is 0.257 e. The van der Waals surface area contributed by atoms with Gasteiger partial charge < -0.3 is 0 Å². The Bertz CT molecular complexity index is 1270. The predicted octanol–water partition coefficient (Wildman–Crippen LogP) is 7.32. The lowest BCUT2D eigenvalue weighted by molar-refractivity contribution is 0.140. The molecular formula is C27H30Cl2N4OS2. The van der Waals surface area contributed by atoms with E-state index in [0.29, 0.717) is 10.9 Å². The Morgan fingerprint density at radius 1 is 1.06 bits per heavy atom. The van der Waals surface area contributed by atoms with Crippen LogP contribution in [0.1, 0.15) is 75.2 Å². The minimum absolute atomic E-state index is 0.0850. The molecule has 0 saturated heterocycles. The zero-order chi connectivity index (χ0) is 25.5. The third-order valence-corrected chi connectivity index (χ3v) is 10.8. The molecule has 0 radical (unpaired) electrons. The van der Waals surface area contributed by atoms with Gasteiger partial charge in [-0.2, -0.15) is 0 Å². The molecule has 2 aliphatic rings. The van der Waals surface area contributed by atoms with Crippen molar-refractivity contribution < 1.29 is 4.21 Å². The van der Waals surface area contributed by atoms with Gasteiger partial charge >= 0.3 is 0 Å². The maximum atomic E-state index is 13.1. The molecule has 1 aromatic carbocycles. The summed E-state index contributed by atoms with van der Waals surface area (Å²) in [5.74, 6) is 0.374. The molecule has 1 N–H and O–H groups in total. The average molecular weight is 562 g/mol. The summed E-state index contributed by atoms with van der Waals surface area (Å²) in [7, 11) is -1.13. The second-order valence-electron chi connectivity index (χ2n) is 10.7. The van der Waals surface area contributed by atoms with Crippen molar-refractivity contribution in [3.8, 4) is 0 Å². The number of nitrogens with zero attached hydrogens (tertiary/aromatic N) is 3. The number of hydrogen-bond acceptors (Lipinski definition) is 5. The van der Waals surface area contributed by atoms with Gasteiger partial charge in [-0.1, -0.05) is 59.2 Å². The zero-order valence-electron chi connectivity index (χ0n) is 20.6. The van der Waals surface area contributed by atoms with Crippen LogP contribution >= 0.6 is 35.0 Å². The van der Waals surface area contributed by atoms with Crippen molar-refractivity contribution in [2.45, 2.75) is 79.5 Å². The number of nitrogens with one attached hydrogen (secondary N) is 1. The van der Waals surface area contributed by atoms with E-state index >= 15 is 0 Å². The maximum absolute atomic E-state index is 13.1. The van der Waals surface area contributed by atoms with Crippen LogP contribution in [0.5, 0.6) is 0 Å². The second kappa shape index (κ2) is 10.3. The molecule has 2 aliphatic carbocycles. The van der Waals surface area contributed by atoms with Crippen LogP contribution in [0.4, 0.5) is 0 Å². The van der Waals surface area contributed by atoms with Gasteiger partial charge in [0.1, 0.15) is 10.2 Å². The van der Waals surface area contributed by atoms with E-state index in [4.69, 9.17) is 28.2 Å². The van der Waals surface area contributed by atoms with E-state index in [1.54, 1.807) is 6.20 Å². The zero-order valence-corrected chi connectivity index (χ0v) is 23.8. The van der Waals surface area contributed by atoms with Crippen molar-refractivity contribution in [1.29, 1.82) is 0 Å². The third kappa shape index (κ3) is 5.23. The van der Waals surface area contributed by atoms with Crippen molar-refractivity contribution in [2.75, 3.05) is 0 Å². The first-order chi connectivity index (χ1) is 17.2. The molecule has 2 aromatic heterocycles. The molecule has 5 nitrogen and oxygen atoms in total. The summed E-state index contributed by atoms with van der Waals surface area (Å²) in [6.07, 6.45) is 10.6. The molecule has 0 bridgehead atoms. The summed E-state index contributed by atoms with van der Waals surface area (Å²) >= 11 is 13.7. The Hall–Kier alpha value is -1.51. The Morgan fingerprint density at radius 2 is 1.81 bits per heavy atom. The lowest BCUT2D eigenvalue weighted by Gasteiger charge is -2.42. The number of rotatable bonds is 5. The Balaban J connectivity index is 1.29. The average Bonchev–Trinajstić information content (AvgIpc) is 3.15. The lowest BCUT2D eigenvalue weighted by Crippen LogP contribution is -2.43. The van der Waals surface area contributed by atoms with Gasteiger partial charge in [-0.15, -0.1) is 0 Å². The minimum atomic E-state index is -1.13. The number of pyridine rings is 1. The summed E-state index contributed by atoms with van der Waals surface area (Å²) in [4.78, 5) is 14.2. The molecule has 2 heterocycles. The van der Waals surface area contributed by atoms with Gasteiger partial charge in [0.15, 0.2) is 0 Å². The van der Waals surface area contributed by atoms with Crippen molar-refractivity contribution in [2.24, 2.45) is 5.41 Å². The van der Waals surface area contributed by atoms with Gasteiger partial charge in [0.25, 0.3) is 0 Å². The Morgan fingerprint density at radius 3 is 2.50 bits per heavy atom. The van der Waals surface area contributed by atoms with E-state index in [1.165, 1.54) is 22.9 Å². The molecule has 1 fully saturated rings. The van der Waals surface area contributed by atoms with E-state index in [-0.39, 0.29) is 21.4 Å². The van der Waals surface area contributed by atoms with Crippen molar-refractivity contribution in [1.82, 2.24) is 19.7 Å². The lowest BCUT2D eigenvalue weighted by atomic mass is 9.66. The summed E-state index contributed by atoms with van der Waals surface area (Å²) in [6.45, 7) is 6.08. The standard InChI is InChI=1S/C27H30Cl2N4OS2/c1-26(2,3)36(34)33-24-19-7-5-4-6-18(19)14-27(24)11-8-17(9-12-27)20-15-32-22(16-31-20)35-21-10-13-30-25(29)23(21)28/h4-7,10,13,15-17,24,33H,8-9,11-12,14H2,1-3H3/t17?,24?,27?,36-/m1/s1. The fraction of sp³-hybridized carbons (Fsp3) is 0.444. The summed E-state index contributed by atoms with van der Waals surface area (Å²) in [6, 6.07) is 10.6. The molecule has 190 valence electrons. The van der Waals surface area contributed by atoms with Gasteiger partial charge in [0.05, 0.1) is 44.9 Å². The molecule has 1 unspecified atom stereocenters. The molecule has 9 heteroatoms. The monoisotopic (exact) mass is 560 g/mol. The number of hydrogen-bond donors (Lipinski definition) is 1. The summed E-state index contributed by atoms with van der Waals surface area (Å²) in [5, 5.41) is 1.49. The number of aromatic nitrogens is 3. The minimum Gasteiger partial charge on any atom is -0.257 e. The topological polar surface area (TPSA) is 67.8 Å². The van der Waals surface area contributed by atoms with Crippen LogP contribution in [0, 0.1) is 5.41 Å². The van der Waals surface area contributed by atoms with Crippen LogP contribution in [0.3, 0.4) is 0 Å². The molecule has 2 atom stereocenters. The van der Waals surface area contributed by atoms with Crippen molar-refractivity contribution in [3.63, 3.8) is 0 Å². The molecule has 36 heavy (non-hydrogen) atoms. The summed E-state index contributed by atoms with van der Waals surface area (Å²) < 4.78 is 16.3. The van der Waals surface area contributed by atoms with E-state index in [0.717, 1.165) is 47.7 Å². The highest BCUT2D eigenvalue weighted by molar-refractivity contribution is 7.99. The number of fused-ring (bicyclic) bond motifs is 1. The van der Waals surface area contributed by atoms with Gasteiger partial charge in [-0.3, -0.25) is 4.98 Å². The predicted molar refractivity (Wildman–Crippen MR) is 148 cm³/mol. The molecular weight excluding hydrogens is 531 g/mol. The molecule has 3 aromatic rings. The number of halogens is 2. The van der Waals surface area contributed by atoms with Crippen LogP contribution in [-0.4, -0.2) is 23.9 Å². The maximum Gasteiger partial charge on any atom is 0.148 e. The third-order valence-electron chi connectivity index (χ3n) is 7.38. The Kier molecular flexibility index (Phi) is 7.50.